The van der Waals surface area contributed by atoms with E-state index >= 15 is 0 Å². The van der Waals surface area contributed by atoms with E-state index in [0.29, 0.717) is 12.1 Å². The lowest BCUT2D eigenvalue weighted by atomic mass is 10.1. The van der Waals surface area contributed by atoms with E-state index in [1.165, 1.54) is 38.2 Å². The first-order valence-corrected chi connectivity index (χ1v) is 11.3. The summed E-state index contributed by atoms with van der Waals surface area (Å²) >= 11 is 0. The topological polar surface area (TPSA) is 75.3 Å². The van der Waals surface area contributed by atoms with Crippen LogP contribution in [0.2, 0.25) is 0 Å². The average Bonchev–Trinajstić information content (AvgIpc) is 3.40. The van der Waals surface area contributed by atoms with Gasteiger partial charge < -0.3 is 5.32 Å². The number of carbonyl (C=O) groups is 1. The summed E-state index contributed by atoms with van der Waals surface area (Å²) in [5.74, 6) is -0.197. The van der Waals surface area contributed by atoms with E-state index in [1.807, 2.05) is 6.92 Å². The highest BCUT2D eigenvalue weighted by molar-refractivity contribution is 7.89. The molecule has 0 aromatic heterocycles. The number of hydrogen-bond donors (Lipinski definition) is 2. The molecule has 146 valence electrons. The Kier molecular flexibility index (Phi) is 8.10. The van der Waals surface area contributed by atoms with E-state index < -0.39 is 10.0 Å². The summed E-state index contributed by atoms with van der Waals surface area (Å²) in [5.41, 5.74) is 1.22. The van der Waals surface area contributed by atoms with Gasteiger partial charge in [0.2, 0.25) is 10.0 Å². The van der Waals surface area contributed by atoms with Crippen molar-refractivity contribution < 1.29 is 13.2 Å². The SMILES string of the molecule is CCCCCCCCCNC(=O)c1cc(S(=O)(=O)NC2CC2)ccc1C. The molecule has 0 heterocycles. The Morgan fingerprint density at radius 3 is 2.38 bits per heavy atom. The monoisotopic (exact) mass is 380 g/mol. The summed E-state index contributed by atoms with van der Waals surface area (Å²) in [6, 6.07) is 4.80. The fourth-order valence-corrected chi connectivity index (χ4v) is 4.21. The first-order valence-electron chi connectivity index (χ1n) is 9.85. The second kappa shape index (κ2) is 10.1. The molecule has 2 N–H and O–H groups in total. The van der Waals surface area contributed by atoms with E-state index in [-0.39, 0.29) is 16.8 Å². The number of carbonyl (C=O) groups excluding carboxylic acids is 1. The van der Waals surface area contributed by atoms with Crippen LogP contribution in [0.5, 0.6) is 0 Å². The maximum Gasteiger partial charge on any atom is 0.251 e. The second-order valence-corrected chi connectivity index (χ2v) is 8.96. The van der Waals surface area contributed by atoms with Crippen LogP contribution in [-0.4, -0.2) is 26.9 Å². The number of unbranched alkanes of at least 4 members (excludes halogenated alkanes) is 6. The van der Waals surface area contributed by atoms with Crippen molar-refractivity contribution in [3.8, 4) is 0 Å². The number of amides is 1. The van der Waals surface area contributed by atoms with Crippen molar-refractivity contribution >= 4 is 15.9 Å². The van der Waals surface area contributed by atoms with Crippen molar-refractivity contribution in [3.05, 3.63) is 29.3 Å². The average molecular weight is 381 g/mol. The largest absolute Gasteiger partial charge is 0.352 e. The van der Waals surface area contributed by atoms with Crippen molar-refractivity contribution in [1.29, 1.82) is 0 Å². The maximum atomic E-state index is 12.4. The standard InChI is InChI=1S/C20H32N2O3S/c1-3-4-5-6-7-8-9-14-21-20(23)19-15-18(13-10-16(19)2)26(24,25)22-17-11-12-17/h10,13,15,17,22H,3-9,11-12,14H2,1-2H3,(H,21,23). The quantitative estimate of drug-likeness (QED) is 0.540. The molecule has 5 nitrogen and oxygen atoms in total. The molecule has 1 aliphatic rings. The molecule has 1 aliphatic carbocycles. The summed E-state index contributed by atoms with van der Waals surface area (Å²) in [4.78, 5) is 12.6. The summed E-state index contributed by atoms with van der Waals surface area (Å²) < 4.78 is 27.3. The minimum Gasteiger partial charge on any atom is -0.352 e. The van der Waals surface area contributed by atoms with Gasteiger partial charge >= 0.3 is 0 Å². The molecule has 2 rings (SSSR count). The molecule has 1 fully saturated rings. The Balaban J connectivity index is 1.83. The lowest BCUT2D eigenvalue weighted by Gasteiger charge is -2.11. The van der Waals surface area contributed by atoms with Gasteiger partial charge in [-0.05, 0) is 43.9 Å². The fourth-order valence-electron chi connectivity index (χ4n) is 2.88. The smallest absolute Gasteiger partial charge is 0.251 e. The van der Waals surface area contributed by atoms with Crippen molar-refractivity contribution in [1.82, 2.24) is 10.0 Å². The van der Waals surface area contributed by atoms with Crippen LogP contribution in [0.4, 0.5) is 0 Å². The number of nitrogens with one attached hydrogen (secondary N) is 2. The molecule has 0 bridgehead atoms. The van der Waals surface area contributed by atoms with Gasteiger partial charge in [-0.2, -0.15) is 0 Å². The van der Waals surface area contributed by atoms with E-state index in [4.69, 9.17) is 0 Å². The lowest BCUT2D eigenvalue weighted by Crippen LogP contribution is -2.28. The van der Waals surface area contributed by atoms with Gasteiger partial charge in [0, 0.05) is 18.2 Å². The fraction of sp³-hybridized carbons (Fsp3) is 0.650. The van der Waals surface area contributed by atoms with Gasteiger partial charge in [-0.25, -0.2) is 13.1 Å². The van der Waals surface area contributed by atoms with E-state index in [9.17, 15) is 13.2 Å². The molecule has 0 radical (unpaired) electrons. The number of aryl methyl sites for hydroxylation is 1. The van der Waals surface area contributed by atoms with Gasteiger partial charge in [-0.1, -0.05) is 51.5 Å². The minimum atomic E-state index is -3.54. The van der Waals surface area contributed by atoms with Crippen LogP contribution in [0.1, 0.15) is 80.6 Å². The van der Waals surface area contributed by atoms with Crippen molar-refractivity contribution in [2.45, 2.75) is 82.6 Å². The number of sulfonamides is 1. The molecule has 0 saturated heterocycles. The van der Waals surface area contributed by atoms with Gasteiger partial charge in [-0.3, -0.25) is 4.79 Å². The molecule has 1 aromatic rings. The second-order valence-electron chi connectivity index (χ2n) is 7.25. The maximum absolute atomic E-state index is 12.4. The molecule has 0 spiro atoms. The third-order valence-corrected chi connectivity index (χ3v) is 6.25. The third kappa shape index (κ3) is 6.72. The molecule has 26 heavy (non-hydrogen) atoms. The van der Waals surface area contributed by atoms with Gasteiger partial charge in [0.15, 0.2) is 0 Å². The van der Waals surface area contributed by atoms with E-state index in [1.54, 1.807) is 12.1 Å². The zero-order chi connectivity index (χ0) is 19.0. The number of hydrogen-bond acceptors (Lipinski definition) is 3. The van der Waals surface area contributed by atoms with Gasteiger partial charge in [0.25, 0.3) is 5.91 Å². The molecular weight excluding hydrogens is 348 g/mol. The highest BCUT2D eigenvalue weighted by Gasteiger charge is 2.28. The van der Waals surface area contributed by atoms with Gasteiger partial charge in [-0.15, -0.1) is 0 Å². The Labute approximate surface area is 158 Å². The Hall–Kier alpha value is -1.40. The van der Waals surface area contributed by atoms with Crippen molar-refractivity contribution in [2.75, 3.05) is 6.54 Å². The van der Waals surface area contributed by atoms with Crippen molar-refractivity contribution in [3.63, 3.8) is 0 Å². The van der Waals surface area contributed by atoms with E-state index in [0.717, 1.165) is 31.2 Å². The number of rotatable bonds is 12. The first-order chi connectivity index (χ1) is 12.4. The molecule has 6 heteroatoms. The molecule has 0 unspecified atom stereocenters. The van der Waals surface area contributed by atoms with Gasteiger partial charge in [0.1, 0.15) is 0 Å². The Morgan fingerprint density at radius 2 is 1.73 bits per heavy atom. The van der Waals surface area contributed by atoms with Gasteiger partial charge in [0.05, 0.1) is 4.90 Å². The summed E-state index contributed by atoms with van der Waals surface area (Å²) in [7, 11) is -3.54. The zero-order valence-corrected chi connectivity index (χ0v) is 16.8. The van der Waals surface area contributed by atoms with Crippen LogP contribution in [0, 0.1) is 6.92 Å². The summed E-state index contributed by atoms with van der Waals surface area (Å²) in [6.45, 7) is 4.66. The van der Waals surface area contributed by atoms with Crippen LogP contribution < -0.4 is 10.0 Å². The van der Waals surface area contributed by atoms with Crippen molar-refractivity contribution in [2.24, 2.45) is 0 Å². The molecule has 1 saturated carbocycles. The van der Waals surface area contributed by atoms with Crippen LogP contribution in [0.25, 0.3) is 0 Å². The van der Waals surface area contributed by atoms with Crippen LogP contribution in [0.15, 0.2) is 23.1 Å². The lowest BCUT2D eigenvalue weighted by molar-refractivity contribution is 0.0952. The highest BCUT2D eigenvalue weighted by Crippen LogP contribution is 2.23. The molecule has 1 aromatic carbocycles. The van der Waals surface area contributed by atoms with Crippen LogP contribution in [-0.2, 0) is 10.0 Å². The third-order valence-electron chi connectivity index (χ3n) is 4.73. The summed E-state index contributed by atoms with van der Waals surface area (Å²) in [6.07, 6.45) is 10.1. The van der Waals surface area contributed by atoms with Crippen LogP contribution in [0.3, 0.4) is 0 Å². The predicted molar refractivity (Wildman–Crippen MR) is 105 cm³/mol. The molecular formula is C20H32N2O3S. The van der Waals surface area contributed by atoms with E-state index in [2.05, 4.69) is 17.0 Å². The number of benzene rings is 1. The first kappa shape index (κ1) is 20.9. The highest BCUT2D eigenvalue weighted by atomic mass is 32.2. The zero-order valence-electron chi connectivity index (χ0n) is 16.0. The Morgan fingerprint density at radius 1 is 1.08 bits per heavy atom. The summed E-state index contributed by atoms with van der Waals surface area (Å²) in [5, 5.41) is 2.92. The molecule has 1 amide bonds. The predicted octanol–water partition coefficient (Wildman–Crippen LogP) is 3.92. The normalized spacial score (nSPS) is 14.4. The molecule has 0 aliphatic heterocycles. The molecule has 0 atom stereocenters. The van der Waals surface area contributed by atoms with Crippen LogP contribution >= 0.6 is 0 Å². The minimum absolute atomic E-state index is 0.0518. The Bertz CT molecular complexity index is 697.